The van der Waals surface area contributed by atoms with Gasteiger partial charge in [-0.3, -0.25) is 48.1 Å². The van der Waals surface area contributed by atoms with Crippen LogP contribution in [-0.4, -0.2) is 125 Å². The molecule has 2 aliphatic heterocycles. The van der Waals surface area contributed by atoms with Gasteiger partial charge < -0.3 is 41.1 Å². The summed E-state index contributed by atoms with van der Waals surface area (Å²) in [5.74, 6) is -6.29. The van der Waals surface area contributed by atoms with Crippen LogP contribution >= 0.6 is 0 Å². The number of likely N-dealkylation sites (tertiary alicyclic amines) is 1. The largest absolute Gasteiger partial charge is 0.507 e. The lowest BCUT2D eigenvalue weighted by Crippen LogP contribution is -2.47. The number of nitrogens with zero attached hydrogens (tertiary/aromatic N) is 2. The summed E-state index contributed by atoms with van der Waals surface area (Å²) in [5, 5.41) is 32.5. The maximum Gasteiger partial charge on any atom is 0.253 e. The number of carbonyl (C=O) groups is 9. The summed E-state index contributed by atoms with van der Waals surface area (Å²) < 4.78 is 5.27. The molecule has 6 rings (SSSR count). The number of aromatic hydroxyl groups is 2. The zero-order valence-electron chi connectivity index (χ0n) is 29.7. The highest BCUT2D eigenvalue weighted by atomic mass is 16.5. The van der Waals surface area contributed by atoms with Crippen molar-refractivity contribution in [3.05, 3.63) is 63.7 Å². The fraction of sp³-hybridized carbons (Fsp3) is 0.378. The molecule has 0 radical (unpaired) electrons. The Morgan fingerprint density at radius 3 is 2.20 bits per heavy atom. The topological polar surface area (TPSA) is 258 Å². The minimum absolute atomic E-state index is 0.000916. The predicted octanol–water partition coefficient (Wildman–Crippen LogP) is -1.63. The third-order valence-corrected chi connectivity index (χ3v) is 10.1. The minimum atomic E-state index is -0.843. The number of methoxy groups -OCH3 is 1. The fourth-order valence-electron chi connectivity index (χ4n) is 7.20. The van der Waals surface area contributed by atoms with Crippen molar-refractivity contribution in [2.75, 3.05) is 46.4 Å². The third-order valence-electron chi connectivity index (χ3n) is 10.1. The van der Waals surface area contributed by atoms with E-state index in [9.17, 15) is 53.4 Å². The third kappa shape index (κ3) is 7.60. The van der Waals surface area contributed by atoms with Gasteiger partial charge in [-0.15, -0.1) is 0 Å². The van der Waals surface area contributed by atoms with Gasteiger partial charge in [-0.25, -0.2) is 0 Å². The van der Waals surface area contributed by atoms with Gasteiger partial charge in [0.15, 0.2) is 5.78 Å². The second kappa shape index (κ2) is 15.8. The van der Waals surface area contributed by atoms with Crippen molar-refractivity contribution in [3.63, 3.8) is 0 Å². The van der Waals surface area contributed by atoms with Crippen LogP contribution in [0.4, 0.5) is 0 Å². The van der Waals surface area contributed by atoms with E-state index in [-0.39, 0.29) is 90.7 Å². The van der Waals surface area contributed by atoms with Gasteiger partial charge in [0, 0.05) is 67.4 Å². The van der Waals surface area contributed by atoms with Crippen molar-refractivity contribution in [1.29, 1.82) is 0 Å². The molecule has 6 N–H and O–H groups in total. The van der Waals surface area contributed by atoms with Gasteiger partial charge in [-0.05, 0) is 31.7 Å². The van der Waals surface area contributed by atoms with Crippen LogP contribution in [0.3, 0.4) is 0 Å². The smallest absolute Gasteiger partial charge is 0.253 e. The number of ketones is 2. The first-order valence-corrected chi connectivity index (χ1v) is 17.6. The van der Waals surface area contributed by atoms with Crippen LogP contribution < -0.4 is 26.0 Å². The Hall–Kier alpha value is -6.59. The second-order valence-electron chi connectivity index (χ2n) is 13.4. The van der Waals surface area contributed by atoms with Crippen molar-refractivity contribution >= 4 is 52.9 Å². The molecular weight excluding hydrogens is 720 g/mol. The maximum atomic E-state index is 13.5. The molecule has 1 saturated heterocycles. The van der Waals surface area contributed by atoms with E-state index in [1.807, 2.05) is 0 Å². The Bertz CT molecular complexity index is 2060. The van der Waals surface area contributed by atoms with Gasteiger partial charge >= 0.3 is 0 Å². The Morgan fingerprint density at radius 2 is 1.47 bits per heavy atom. The number of imide groups is 1. The first kappa shape index (κ1) is 38.1. The maximum absolute atomic E-state index is 13.5. The average molecular weight is 759 g/mol. The predicted molar refractivity (Wildman–Crippen MR) is 188 cm³/mol. The number of fused-ring (bicyclic) bond motifs is 3. The molecule has 0 spiro atoms. The molecule has 2 aromatic rings. The Labute approximate surface area is 313 Å². The highest BCUT2D eigenvalue weighted by molar-refractivity contribution is 6.31. The fourth-order valence-corrected chi connectivity index (χ4v) is 7.20. The zero-order chi connectivity index (χ0) is 39.6. The lowest BCUT2D eigenvalue weighted by atomic mass is 9.75. The van der Waals surface area contributed by atoms with E-state index in [2.05, 4.69) is 21.3 Å². The van der Waals surface area contributed by atoms with E-state index in [0.29, 0.717) is 18.5 Å². The van der Waals surface area contributed by atoms with E-state index >= 15 is 0 Å². The summed E-state index contributed by atoms with van der Waals surface area (Å²) in [6.07, 6.45) is 2.73. The molecule has 18 heteroatoms. The first-order chi connectivity index (χ1) is 26.3. The number of ether oxygens (including phenoxy) is 1. The molecule has 2 aliphatic carbocycles. The normalized spacial score (nSPS) is 18.5. The number of phenols is 2. The molecular formula is C37H38N6O12. The molecule has 2 aromatic carbocycles. The van der Waals surface area contributed by atoms with E-state index in [0.717, 1.165) is 17.1 Å². The number of phenolic OH excluding ortho intramolecular Hbond substituents is 2. The van der Waals surface area contributed by atoms with Crippen LogP contribution in [-0.2, 0) is 46.4 Å². The first-order valence-electron chi connectivity index (χ1n) is 17.6. The standard InChI is InChI=1S/C37H38N6O12/c1-55-23-4-2-3-20-29(23)35(52)31-30(33(20)50)34(51)21-15-18(5-6-19(21)32(31)49)36(53)38-11-14-42-12-9-22(37(42)54)41-26(46)17-40-25(45)16-39-24(44)10-13-43-27(47)7-8-28(43)48/h2-4,7-8,18,22,49,51H,5-6,9-17H2,1H3,(H,38,53)(H,39,44)(H,40,45)(H,41,46)/t18-,22?/m0/s1. The monoisotopic (exact) mass is 758 g/mol. The van der Waals surface area contributed by atoms with Crippen molar-refractivity contribution in [2.45, 2.75) is 38.1 Å². The van der Waals surface area contributed by atoms with E-state index in [1.54, 1.807) is 6.07 Å². The number of rotatable bonds is 13. The average Bonchev–Trinajstić information content (AvgIpc) is 3.69. The number of carbonyl (C=O) groups excluding carboxylic acids is 9. The highest BCUT2D eigenvalue weighted by Crippen LogP contribution is 2.47. The lowest BCUT2D eigenvalue weighted by molar-refractivity contribution is -0.137. The van der Waals surface area contributed by atoms with Crippen LogP contribution in [0.5, 0.6) is 17.2 Å². The number of hydrogen-bond acceptors (Lipinski definition) is 12. The van der Waals surface area contributed by atoms with Crippen LogP contribution in [0.1, 0.15) is 62.2 Å². The summed E-state index contributed by atoms with van der Waals surface area (Å²) in [6, 6.07) is 3.67. The molecule has 1 fully saturated rings. The van der Waals surface area contributed by atoms with Crippen LogP contribution in [0.25, 0.3) is 0 Å². The van der Waals surface area contributed by atoms with Crippen LogP contribution in [0, 0.1) is 5.92 Å². The molecule has 0 aromatic heterocycles. The van der Waals surface area contributed by atoms with Crippen LogP contribution in [0.2, 0.25) is 0 Å². The molecule has 0 saturated carbocycles. The molecule has 2 heterocycles. The van der Waals surface area contributed by atoms with E-state index in [4.69, 9.17) is 4.74 Å². The zero-order valence-corrected chi connectivity index (χ0v) is 29.7. The SMILES string of the molecule is COc1cccc2c1C(=O)c1c(O)c3c(c(O)c1C2=O)C[C@@H](C(=O)NCCN1CCC(NC(=O)CNC(=O)CNC(=O)CCN2C(=O)C=CC2=O)C1=O)CC3. The highest BCUT2D eigenvalue weighted by Gasteiger charge is 2.41. The molecule has 4 aliphatic rings. The number of nitrogens with one attached hydrogen (secondary N) is 4. The van der Waals surface area contributed by atoms with Crippen molar-refractivity contribution in [1.82, 2.24) is 31.1 Å². The summed E-state index contributed by atoms with van der Waals surface area (Å²) >= 11 is 0. The Balaban J connectivity index is 0.935. The molecule has 18 nitrogen and oxygen atoms in total. The molecule has 288 valence electrons. The summed E-state index contributed by atoms with van der Waals surface area (Å²) in [4.78, 5) is 115. The van der Waals surface area contributed by atoms with Crippen molar-refractivity contribution in [3.8, 4) is 17.2 Å². The summed E-state index contributed by atoms with van der Waals surface area (Å²) in [5.41, 5.74) is -0.0600. The van der Waals surface area contributed by atoms with Gasteiger partial charge in [0.1, 0.15) is 23.3 Å². The quantitative estimate of drug-likeness (QED) is 0.0849. The Kier molecular flexibility index (Phi) is 11.0. The number of hydrogen-bond donors (Lipinski definition) is 6. The van der Waals surface area contributed by atoms with Gasteiger partial charge in [0.05, 0.1) is 36.9 Å². The van der Waals surface area contributed by atoms with Crippen LogP contribution in [0.15, 0.2) is 30.4 Å². The number of amides is 7. The van der Waals surface area contributed by atoms with Gasteiger partial charge in [-0.1, -0.05) is 12.1 Å². The minimum Gasteiger partial charge on any atom is -0.507 e. The molecule has 2 atom stereocenters. The van der Waals surface area contributed by atoms with Crippen molar-refractivity contribution in [2.24, 2.45) is 5.92 Å². The Morgan fingerprint density at radius 1 is 0.800 bits per heavy atom. The summed E-state index contributed by atoms with van der Waals surface area (Å²) in [6.45, 7) is -0.504. The number of benzene rings is 2. The van der Waals surface area contributed by atoms with Gasteiger partial charge in [0.2, 0.25) is 35.3 Å². The molecule has 1 unspecified atom stereocenters. The van der Waals surface area contributed by atoms with E-state index < -0.39 is 77.7 Å². The molecule has 7 amide bonds. The van der Waals surface area contributed by atoms with Gasteiger partial charge in [-0.2, -0.15) is 0 Å². The molecule has 55 heavy (non-hydrogen) atoms. The second-order valence-corrected chi connectivity index (χ2v) is 13.4. The summed E-state index contributed by atoms with van der Waals surface area (Å²) in [7, 11) is 1.36. The van der Waals surface area contributed by atoms with Crippen molar-refractivity contribution < 1.29 is 58.1 Å². The van der Waals surface area contributed by atoms with Gasteiger partial charge in [0.25, 0.3) is 11.8 Å². The van der Waals surface area contributed by atoms with E-state index in [1.165, 1.54) is 24.1 Å². The molecule has 0 bridgehead atoms. The lowest BCUT2D eigenvalue weighted by Gasteiger charge is -2.29.